The quantitative estimate of drug-likeness (QED) is 0.377. The van der Waals surface area contributed by atoms with E-state index in [1.807, 2.05) is 6.92 Å². The van der Waals surface area contributed by atoms with Crippen LogP contribution in [0.1, 0.15) is 51.6 Å². The number of aromatic nitrogens is 4. The van der Waals surface area contributed by atoms with Gasteiger partial charge in [-0.1, -0.05) is 44.5 Å². The molecule has 1 atom stereocenters. The van der Waals surface area contributed by atoms with Crippen molar-refractivity contribution in [3.63, 3.8) is 0 Å². The van der Waals surface area contributed by atoms with Gasteiger partial charge in [-0.3, -0.25) is 0 Å². The zero-order valence-electron chi connectivity index (χ0n) is 17.6. The lowest BCUT2D eigenvalue weighted by Crippen LogP contribution is -2.24. The Morgan fingerprint density at radius 3 is 2.57 bits per heavy atom. The maximum absolute atomic E-state index is 10.2. The second-order valence-corrected chi connectivity index (χ2v) is 7.63. The third-order valence-corrected chi connectivity index (χ3v) is 5.63. The van der Waals surface area contributed by atoms with Gasteiger partial charge in [0.2, 0.25) is 5.95 Å². The molecule has 8 nitrogen and oxygen atoms in total. The number of anilines is 2. The highest BCUT2D eigenvalue weighted by Gasteiger charge is 2.18. The minimum absolute atomic E-state index is 0.0111. The molecule has 0 aliphatic carbocycles. The number of hydrogen-bond donors (Lipinski definition) is 4. The van der Waals surface area contributed by atoms with E-state index in [-0.39, 0.29) is 24.4 Å². The summed E-state index contributed by atoms with van der Waals surface area (Å²) in [7, 11) is 0. The molecule has 0 saturated heterocycles. The highest BCUT2D eigenvalue weighted by Crippen LogP contribution is 2.29. The molecule has 9 heteroatoms. The van der Waals surface area contributed by atoms with Crippen molar-refractivity contribution in [1.29, 1.82) is 0 Å². The Morgan fingerprint density at radius 1 is 1.13 bits per heavy atom. The second kappa shape index (κ2) is 9.95. The molecule has 0 bridgehead atoms. The Hall–Kier alpha value is -2.58. The number of hydrogen-bond acceptors (Lipinski definition) is 7. The van der Waals surface area contributed by atoms with E-state index < -0.39 is 0 Å². The smallest absolute Gasteiger partial charge is 0.227 e. The van der Waals surface area contributed by atoms with Crippen molar-refractivity contribution in [2.75, 3.05) is 17.2 Å². The van der Waals surface area contributed by atoms with Gasteiger partial charge in [0, 0.05) is 18.2 Å². The van der Waals surface area contributed by atoms with Gasteiger partial charge in [-0.25, -0.2) is 4.98 Å². The molecule has 1 aromatic carbocycles. The van der Waals surface area contributed by atoms with E-state index >= 15 is 0 Å². The molecule has 4 N–H and O–H groups in total. The van der Waals surface area contributed by atoms with Gasteiger partial charge in [-0.2, -0.15) is 9.97 Å². The highest BCUT2D eigenvalue weighted by atomic mass is 35.5. The number of halogens is 1. The first-order chi connectivity index (χ1) is 14.5. The van der Waals surface area contributed by atoms with Gasteiger partial charge in [-0.15, -0.1) is 0 Å². The highest BCUT2D eigenvalue weighted by molar-refractivity contribution is 6.32. The number of aliphatic hydroxyl groups excluding tert-OH is 1. The summed E-state index contributed by atoms with van der Waals surface area (Å²) in [6, 6.07) is 5.37. The summed E-state index contributed by atoms with van der Waals surface area (Å²) >= 11 is 6.02. The third-order valence-electron chi connectivity index (χ3n) is 5.32. The van der Waals surface area contributed by atoms with Crippen LogP contribution in [0, 0.1) is 0 Å². The minimum atomic E-state index is -0.142. The molecule has 0 amide bonds. The molecule has 1 unspecified atom stereocenters. The summed E-state index contributed by atoms with van der Waals surface area (Å²) in [5.74, 6) is 1.03. The lowest BCUT2D eigenvalue weighted by Gasteiger charge is -2.18. The van der Waals surface area contributed by atoms with E-state index in [1.165, 1.54) is 0 Å². The van der Waals surface area contributed by atoms with E-state index in [0.717, 1.165) is 24.9 Å². The molecule has 2 aromatic heterocycles. The fraction of sp³-hybridized carbons (Fsp3) is 0.476. The van der Waals surface area contributed by atoms with Gasteiger partial charge >= 0.3 is 0 Å². The van der Waals surface area contributed by atoms with Crippen molar-refractivity contribution in [3.8, 4) is 5.75 Å². The van der Waals surface area contributed by atoms with Crippen LogP contribution in [0.25, 0.3) is 11.2 Å². The Labute approximate surface area is 181 Å². The fourth-order valence-corrected chi connectivity index (χ4v) is 3.59. The molecule has 0 saturated carbocycles. The standard InChI is InChI=1S/C21H29ClN6O2/c1-4-14(11-29)25-21-26-19(23-10-13-8-7-9-16(22)18(13)30)17-20(27-21)28(12-24-17)15(5-2)6-3/h7-9,12,14-15,29-30H,4-6,10-11H2,1-3H3,(H2,23,25,26,27). The van der Waals surface area contributed by atoms with Gasteiger partial charge in [0.25, 0.3) is 0 Å². The van der Waals surface area contributed by atoms with Crippen molar-refractivity contribution in [1.82, 2.24) is 19.5 Å². The molecule has 2 heterocycles. The van der Waals surface area contributed by atoms with Crippen LogP contribution in [0.5, 0.6) is 5.75 Å². The molecule has 0 aliphatic heterocycles. The molecule has 3 aromatic rings. The molecular weight excluding hydrogens is 404 g/mol. The van der Waals surface area contributed by atoms with Crippen LogP contribution >= 0.6 is 11.6 Å². The Balaban J connectivity index is 2.01. The Kier molecular flexibility index (Phi) is 7.33. The number of nitrogens with zero attached hydrogens (tertiary/aromatic N) is 4. The zero-order valence-corrected chi connectivity index (χ0v) is 18.3. The number of imidazole rings is 1. The van der Waals surface area contributed by atoms with Crippen LogP contribution in [0.3, 0.4) is 0 Å². The molecule has 3 rings (SSSR count). The van der Waals surface area contributed by atoms with E-state index in [4.69, 9.17) is 16.6 Å². The normalized spacial score (nSPS) is 12.5. The molecular formula is C21H29ClN6O2. The lowest BCUT2D eigenvalue weighted by molar-refractivity contribution is 0.271. The number of rotatable bonds is 10. The summed E-state index contributed by atoms with van der Waals surface area (Å²) in [6.45, 7) is 6.58. The number of nitrogens with one attached hydrogen (secondary N) is 2. The Morgan fingerprint density at radius 2 is 1.90 bits per heavy atom. The topological polar surface area (TPSA) is 108 Å². The number of benzene rings is 1. The number of fused-ring (bicyclic) bond motifs is 1. The van der Waals surface area contributed by atoms with Crippen LogP contribution in [-0.2, 0) is 6.54 Å². The monoisotopic (exact) mass is 432 g/mol. The summed E-state index contributed by atoms with van der Waals surface area (Å²) in [5, 5.41) is 26.5. The first kappa shape index (κ1) is 22.1. The number of para-hydroxylation sites is 1. The third kappa shape index (κ3) is 4.60. The number of aromatic hydroxyl groups is 1. The maximum Gasteiger partial charge on any atom is 0.227 e. The maximum atomic E-state index is 10.2. The molecule has 162 valence electrons. The van der Waals surface area contributed by atoms with Gasteiger partial charge in [0.15, 0.2) is 17.0 Å². The average Bonchev–Trinajstić information content (AvgIpc) is 3.18. The Bertz CT molecular complexity index is 985. The molecule has 0 fully saturated rings. The fourth-order valence-electron chi connectivity index (χ4n) is 3.39. The summed E-state index contributed by atoms with van der Waals surface area (Å²) in [5.41, 5.74) is 2.04. The average molecular weight is 433 g/mol. The molecule has 0 radical (unpaired) electrons. The van der Waals surface area contributed by atoms with E-state index in [2.05, 4.69) is 39.0 Å². The largest absolute Gasteiger partial charge is 0.506 e. The zero-order chi connectivity index (χ0) is 21.7. The predicted octanol–water partition coefficient (Wildman–Crippen LogP) is 4.34. The van der Waals surface area contributed by atoms with Crippen molar-refractivity contribution in [3.05, 3.63) is 35.1 Å². The van der Waals surface area contributed by atoms with E-state index in [0.29, 0.717) is 34.4 Å². The van der Waals surface area contributed by atoms with E-state index in [9.17, 15) is 10.2 Å². The number of phenolic OH excluding ortho intramolecular Hbond substituents is 1. The lowest BCUT2D eigenvalue weighted by atomic mass is 10.2. The molecule has 30 heavy (non-hydrogen) atoms. The van der Waals surface area contributed by atoms with Gasteiger partial charge in [0.05, 0.1) is 24.0 Å². The summed E-state index contributed by atoms with van der Waals surface area (Å²) < 4.78 is 2.07. The van der Waals surface area contributed by atoms with Gasteiger partial charge < -0.3 is 25.4 Å². The van der Waals surface area contributed by atoms with Crippen LogP contribution in [0.4, 0.5) is 11.8 Å². The van der Waals surface area contributed by atoms with Crippen molar-refractivity contribution in [2.45, 2.75) is 58.7 Å². The van der Waals surface area contributed by atoms with E-state index in [1.54, 1.807) is 24.5 Å². The van der Waals surface area contributed by atoms with Crippen LogP contribution in [-0.4, -0.2) is 42.4 Å². The van der Waals surface area contributed by atoms with Crippen LogP contribution in [0.2, 0.25) is 5.02 Å². The van der Waals surface area contributed by atoms with Crippen LogP contribution < -0.4 is 10.6 Å². The summed E-state index contributed by atoms with van der Waals surface area (Å²) in [6.07, 6.45) is 4.46. The molecule has 0 aliphatic rings. The van der Waals surface area contributed by atoms with Gasteiger partial charge in [0.1, 0.15) is 5.75 Å². The number of aliphatic hydroxyl groups is 1. The van der Waals surface area contributed by atoms with Crippen molar-refractivity contribution in [2.24, 2.45) is 0 Å². The minimum Gasteiger partial charge on any atom is -0.506 e. The first-order valence-electron chi connectivity index (χ1n) is 10.3. The number of phenols is 1. The van der Waals surface area contributed by atoms with Crippen molar-refractivity contribution >= 4 is 34.5 Å². The van der Waals surface area contributed by atoms with Gasteiger partial charge in [-0.05, 0) is 25.3 Å². The first-order valence-corrected chi connectivity index (χ1v) is 10.7. The SMILES string of the molecule is CCC(CO)Nc1nc(NCc2cccc(Cl)c2O)c2ncn(C(CC)CC)c2n1. The second-order valence-electron chi connectivity index (χ2n) is 7.22. The van der Waals surface area contributed by atoms with Crippen LogP contribution in [0.15, 0.2) is 24.5 Å². The molecule has 0 spiro atoms. The predicted molar refractivity (Wildman–Crippen MR) is 120 cm³/mol. The summed E-state index contributed by atoms with van der Waals surface area (Å²) in [4.78, 5) is 13.8. The van der Waals surface area contributed by atoms with Crippen molar-refractivity contribution < 1.29 is 10.2 Å².